The second kappa shape index (κ2) is 6.47. The number of anilines is 1. The Balaban J connectivity index is 1.82. The van der Waals surface area contributed by atoms with Crippen molar-refractivity contribution < 1.29 is 0 Å². The van der Waals surface area contributed by atoms with E-state index in [2.05, 4.69) is 22.2 Å². The molecule has 0 spiro atoms. The zero-order chi connectivity index (χ0) is 12.8. The van der Waals surface area contributed by atoms with E-state index in [-0.39, 0.29) is 0 Å². The van der Waals surface area contributed by atoms with Gasteiger partial charge in [0.2, 0.25) is 0 Å². The van der Waals surface area contributed by atoms with Crippen molar-refractivity contribution in [2.24, 2.45) is 0 Å². The van der Waals surface area contributed by atoms with Crippen molar-refractivity contribution in [3.63, 3.8) is 0 Å². The fraction of sp³-hybridized carbons (Fsp3) is 0.385. The lowest BCUT2D eigenvalue weighted by molar-refractivity contribution is 0.518. The summed E-state index contributed by atoms with van der Waals surface area (Å²) in [5.74, 6) is 0. The van der Waals surface area contributed by atoms with Crippen LogP contribution in [0.25, 0.3) is 0 Å². The van der Waals surface area contributed by atoms with Crippen molar-refractivity contribution in [3.05, 3.63) is 40.6 Å². The zero-order valence-electron chi connectivity index (χ0n) is 10.5. The Morgan fingerprint density at radius 2 is 2.28 bits per heavy atom. The van der Waals surface area contributed by atoms with Crippen LogP contribution in [0.15, 0.2) is 29.9 Å². The molecule has 0 saturated heterocycles. The predicted octanol–water partition coefficient (Wildman–Crippen LogP) is 2.40. The molecule has 0 bridgehead atoms. The molecule has 0 radical (unpaired) electrons. The smallest absolute Gasteiger partial charge is 0.109 e. The first-order valence-corrected chi connectivity index (χ1v) is 7.00. The first-order chi connectivity index (χ1) is 8.79. The third-order valence-electron chi connectivity index (χ3n) is 2.78. The number of nitrogens with two attached hydrogens (primary N) is 1. The van der Waals surface area contributed by atoms with Crippen LogP contribution in [0.1, 0.15) is 30.1 Å². The standard InChI is InChI=1S/C13H18N4S/c1-2-12(13-16-7-8-18-13)15-6-5-11-4-3-10(14)9-17-11/h3-4,7-9,12,15H,2,5-6,14H2,1H3. The second-order valence-corrected chi connectivity index (χ2v) is 5.04. The van der Waals surface area contributed by atoms with Gasteiger partial charge >= 0.3 is 0 Å². The normalized spacial score (nSPS) is 12.5. The van der Waals surface area contributed by atoms with E-state index in [4.69, 9.17) is 5.73 Å². The Hall–Kier alpha value is -1.46. The molecule has 2 aromatic rings. The molecule has 4 nitrogen and oxygen atoms in total. The van der Waals surface area contributed by atoms with E-state index >= 15 is 0 Å². The number of pyridine rings is 1. The molecule has 3 N–H and O–H groups in total. The molecule has 2 heterocycles. The summed E-state index contributed by atoms with van der Waals surface area (Å²) in [5, 5.41) is 6.68. The first-order valence-electron chi connectivity index (χ1n) is 6.12. The van der Waals surface area contributed by atoms with Crippen molar-refractivity contribution in [3.8, 4) is 0 Å². The SMILES string of the molecule is CCC(NCCc1ccc(N)cn1)c1nccs1. The highest BCUT2D eigenvalue weighted by atomic mass is 32.1. The van der Waals surface area contributed by atoms with Gasteiger partial charge in [-0.1, -0.05) is 6.92 Å². The van der Waals surface area contributed by atoms with Crippen LogP contribution in [0.5, 0.6) is 0 Å². The van der Waals surface area contributed by atoms with Gasteiger partial charge < -0.3 is 11.1 Å². The summed E-state index contributed by atoms with van der Waals surface area (Å²) in [7, 11) is 0. The highest BCUT2D eigenvalue weighted by Gasteiger charge is 2.10. The molecule has 2 aromatic heterocycles. The van der Waals surface area contributed by atoms with Gasteiger partial charge in [0.05, 0.1) is 17.9 Å². The molecule has 1 unspecified atom stereocenters. The Morgan fingerprint density at radius 3 is 2.89 bits per heavy atom. The number of thiazole rings is 1. The van der Waals surface area contributed by atoms with Gasteiger partial charge in [0.15, 0.2) is 0 Å². The lowest BCUT2D eigenvalue weighted by Crippen LogP contribution is -2.23. The molecule has 0 amide bonds. The van der Waals surface area contributed by atoms with Crippen LogP contribution in [-0.2, 0) is 6.42 Å². The lowest BCUT2D eigenvalue weighted by atomic mass is 10.2. The Labute approximate surface area is 111 Å². The average Bonchev–Trinajstić information content (AvgIpc) is 2.91. The van der Waals surface area contributed by atoms with Crippen molar-refractivity contribution in [2.75, 3.05) is 12.3 Å². The average molecular weight is 262 g/mol. The van der Waals surface area contributed by atoms with E-state index in [1.807, 2.05) is 23.7 Å². The summed E-state index contributed by atoms with van der Waals surface area (Å²) in [6.45, 7) is 3.07. The van der Waals surface area contributed by atoms with Gasteiger partial charge in [-0.15, -0.1) is 11.3 Å². The van der Waals surface area contributed by atoms with E-state index in [1.165, 1.54) is 0 Å². The van der Waals surface area contributed by atoms with E-state index in [0.29, 0.717) is 11.7 Å². The highest BCUT2D eigenvalue weighted by molar-refractivity contribution is 7.09. The van der Waals surface area contributed by atoms with Crippen LogP contribution in [0.3, 0.4) is 0 Å². The Bertz CT molecular complexity index is 452. The molecule has 0 aromatic carbocycles. The minimum absolute atomic E-state index is 0.346. The molecule has 1 atom stereocenters. The third-order valence-corrected chi connectivity index (χ3v) is 3.67. The zero-order valence-corrected chi connectivity index (χ0v) is 11.3. The highest BCUT2D eigenvalue weighted by Crippen LogP contribution is 2.18. The van der Waals surface area contributed by atoms with Gasteiger partial charge in [0.25, 0.3) is 0 Å². The van der Waals surface area contributed by atoms with Crippen molar-refractivity contribution in [1.82, 2.24) is 15.3 Å². The summed E-state index contributed by atoms with van der Waals surface area (Å²) in [4.78, 5) is 8.63. The molecule has 0 aliphatic heterocycles. The maximum absolute atomic E-state index is 5.60. The molecule has 2 rings (SSSR count). The molecular weight excluding hydrogens is 244 g/mol. The summed E-state index contributed by atoms with van der Waals surface area (Å²) < 4.78 is 0. The predicted molar refractivity (Wildman–Crippen MR) is 75.5 cm³/mol. The molecule has 0 aliphatic carbocycles. The number of rotatable bonds is 6. The van der Waals surface area contributed by atoms with E-state index in [0.717, 1.165) is 30.1 Å². The maximum atomic E-state index is 5.60. The molecule has 0 fully saturated rings. The van der Waals surface area contributed by atoms with Gasteiger partial charge in [0.1, 0.15) is 5.01 Å². The summed E-state index contributed by atoms with van der Waals surface area (Å²) in [6, 6.07) is 4.21. The van der Waals surface area contributed by atoms with Crippen LogP contribution in [-0.4, -0.2) is 16.5 Å². The maximum Gasteiger partial charge on any atom is 0.109 e. The van der Waals surface area contributed by atoms with Crippen molar-refractivity contribution in [1.29, 1.82) is 0 Å². The lowest BCUT2D eigenvalue weighted by Gasteiger charge is -2.13. The quantitative estimate of drug-likeness (QED) is 0.839. The summed E-state index contributed by atoms with van der Waals surface area (Å²) in [6.07, 6.45) is 5.50. The van der Waals surface area contributed by atoms with E-state index in [9.17, 15) is 0 Å². The van der Waals surface area contributed by atoms with Gasteiger partial charge in [-0.2, -0.15) is 0 Å². The van der Waals surface area contributed by atoms with Crippen LogP contribution >= 0.6 is 11.3 Å². The Kier molecular flexibility index (Phi) is 4.66. The fourth-order valence-corrected chi connectivity index (χ4v) is 2.57. The summed E-state index contributed by atoms with van der Waals surface area (Å²) in [5.41, 5.74) is 7.37. The van der Waals surface area contributed by atoms with Crippen LogP contribution in [0.4, 0.5) is 5.69 Å². The van der Waals surface area contributed by atoms with Crippen LogP contribution in [0, 0.1) is 0 Å². The van der Waals surface area contributed by atoms with E-state index in [1.54, 1.807) is 17.5 Å². The third kappa shape index (κ3) is 3.51. The molecule has 96 valence electrons. The monoisotopic (exact) mass is 262 g/mol. The fourth-order valence-electron chi connectivity index (χ4n) is 1.77. The number of nitrogens with zero attached hydrogens (tertiary/aromatic N) is 2. The van der Waals surface area contributed by atoms with Crippen LogP contribution < -0.4 is 11.1 Å². The first kappa shape index (κ1) is 13.0. The van der Waals surface area contributed by atoms with Crippen molar-refractivity contribution >= 4 is 17.0 Å². The molecule has 18 heavy (non-hydrogen) atoms. The topological polar surface area (TPSA) is 63.8 Å². The minimum atomic E-state index is 0.346. The number of nitrogen functional groups attached to an aromatic ring is 1. The van der Waals surface area contributed by atoms with Gasteiger partial charge in [-0.05, 0) is 18.6 Å². The van der Waals surface area contributed by atoms with Crippen molar-refractivity contribution in [2.45, 2.75) is 25.8 Å². The molecule has 0 saturated carbocycles. The van der Waals surface area contributed by atoms with Gasteiger partial charge in [-0.3, -0.25) is 4.98 Å². The van der Waals surface area contributed by atoms with E-state index < -0.39 is 0 Å². The molecule has 0 aliphatic rings. The van der Waals surface area contributed by atoms with Gasteiger partial charge in [-0.25, -0.2) is 4.98 Å². The number of hydrogen-bond donors (Lipinski definition) is 2. The van der Waals surface area contributed by atoms with Crippen LogP contribution in [0.2, 0.25) is 0 Å². The number of hydrogen-bond acceptors (Lipinski definition) is 5. The summed E-state index contributed by atoms with van der Waals surface area (Å²) >= 11 is 1.70. The largest absolute Gasteiger partial charge is 0.397 e. The molecule has 5 heteroatoms. The number of aromatic nitrogens is 2. The number of nitrogens with one attached hydrogen (secondary N) is 1. The minimum Gasteiger partial charge on any atom is -0.397 e. The Morgan fingerprint density at radius 1 is 1.39 bits per heavy atom. The van der Waals surface area contributed by atoms with Gasteiger partial charge in [0, 0.05) is 30.2 Å². The second-order valence-electron chi connectivity index (χ2n) is 4.12. The molecular formula is C13H18N4S.